The van der Waals surface area contributed by atoms with Gasteiger partial charge in [-0.25, -0.2) is 4.98 Å². The maximum Gasteiger partial charge on any atom is 0.433 e. The highest BCUT2D eigenvalue weighted by molar-refractivity contribution is 6.30. The van der Waals surface area contributed by atoms with E-state index in [4.69, 9.17) is 16.3 Å². The van der Waals surface area contributed by atoms with Crippen molar-refractivity contribution in [3.63, 3.8) is 0 Å². The summed E-state index contributed by atoms with van der Waals surface area (Å²) < 4.78 is 43.5. The van der Waals surface area contributed by atoms with E-state index in [1.54, 1.807) is 36.4 Å². The molecule has 0 unspecified atom stereocenters. The van der Waals surface area contributed by atoms with Crippen LogP contribution in [0.4, 0.5) is 30.5 Å². The van der Waals surface area contributed by atoms with Crippen LogP contribution < -0.4 is 15.4 Å². The Balaban J connectivity index is 1.32. The van der Waals surface area contributed by atoms with Crippen molar-refractivity contribution in [1.29, 1.82) is 0 Å². The largest absolute Gasteiger partial charge is 0.433 e. The minimum atomic E-state index is -4.56. The van der Waals surface area contributed by atoms with Gasteiger partial charge in [-0.2, -0.15) is 23.3 Å². The van der Waals surface area contributed by atoms with Crippen LogP contribution in [0.25, 0.3) is 0 Å². The van der Waals surface area contributed by atoms with Gasteiger partial charge in [-0.1, -0.05) is 29.8 Å². The van der Waals surface area contributed by atoms with Crippen LogP contribution in [0.1, 0.15) is 11.3 Å². The van der Waals surface area contributed by atoms with Crippen molar-refractivity contribution in [1.82, 2.24) is 20.2 Å². The predicted molar refractivity (Wildman–Crippen MR) is 114 cm³/mol. The molecule has 32 heavy (non-hydrogen) atoms. The van der Waals surface area contributed by atoms with Crippen LogP contribution in [0.3, 0.4) is 0 Å². The van der Waals surface area contributed by atoms with E-state index in [1.165, 1.54) is 0 Å². The number of ether oxygens (including phenoxy) is 1. The summed E-state index contributed by atoms with van der Waals surface area (Å²) in [6.07, 6.45) is -3.56. The minimum Gasteiger partial charge on any atom is -0.424 e. The Morgan fingerprint density at radius 3 is 2.59 bits per heavy atom. The number of nitrogens with one attached hydrogen (secondary N) is 3. The van der Waals surface area contributed by atoms with Crippen LogP contribution in [-0.4, -0.2) is 20.2 Å². The number of benzene rings is 2. The number of halogens is 4. The smallest absolute Gasteiger partial charge is 0.424 e. The summed E-state index contributed by atoms with van der Waals surface area (Å²) in [5, 5.41) is 14.0. The van der Waals surface area contributed by atoms with Gasteiger partial charge in [-0.15, -0.1) is 0 Å². The van der Waals surface area contributed by atoms with Crippen LogP contribution in [0.5, 0.6) is 11.8 Å². The fourth-order valence-electron chi connectivity index (χ4n) is 2.72. The first-order valence-electron chi connectivity index (χ1n) is 9.34. The van der Waals surface area contributed by atoms with E-state index < -0.39 is 11.9 Å². The van der Waals surface area contributed by atoms with Crippen molar-refractivity contribution in [2.75, 3.05) is 10.6 Å². The molecule has 0 amide bonds. The molecule has 4 aromatic rings. The van der Waals surface area contributed by atoms with Gasteiger partial charge in [0.1, 0.15) is 17.4 Å². The highest BCUT2D eigenvalue weighted by Crippen LogP contribution is 2.29. The summed E-state index contributed by atoms with van der Waals surface area (Å²) in [7, 11) is 0. The van der Waals surface area contributed by atoms with Crippen molar-refractivity contribution in [2.45, 2.75) is 12.7 Å². The summed E-state index contributed by atoms with van der Waals surface area (Å²) in [6.45, 7) is 0.474. The Hall–Kier alpha value is -3.79. The molecule has 0 spiro atoms. The average molecular weight is 461 g/mol. The van der Waals surface area contributed by atoms with Crippen LogP contribution in [0.15, 0.2) is 66.9 Å². The van der Waals surface area contributed by atoms with E-state index >= 15 is 0 Å². The molecule has 0 saturated carbocycles. The third-order valence-corrected chi connectivity index (χ3v) is 4.45. The van der Waals surface area contributed by atoms with Gasteiger partial charge in [0.05, 0.1) is 0 Å². The molecular formula is C21H16ClF3N6O. The van der Waals surface area contributed by atoms with Crippen LogP contribution in [0.2, 0.25) is 5.02 Å². The van der Waals surface area contributed by atoms with Crippen LogP contribution >= 0.6 is 11.6 Å². The number of rotatable bonds is 7. The Bertz CT molecular complexity index is 1200. The lowest BCUT2D eigenvalue weighted by molar-refractivity contribution is -0.141. The standard InChI is InChI=1S/C21H16ClF3N6O/c22-14-2-1-3-15(10-14)28-19-11-18(30-31-19)27-12-13-4-6-16(7-5-13)32-20-26-9-8-17(29-20)21(23,24)25/h1-11H,12H2,(H3,27,28,30,31). The van der Waals surface area contributed by atoms with Gasteiger partial charge in [-0.05, 0) is 42.0 Å². The fraction of sp³-hybridized carbons (Fsp3) is 0.0952. The lowest BCUT2D eigenvalue weighted by atomic mass is 10.2. The number of hydrogen-bond acceptors (Lipinski definition) is 6. The molecule has 0 fully saturated rings. The van der Waals surface area contributed by atoms with Crippen molar-refractivity contribution < 1.29 is 17.9 Å². The molecule has 2 aromatic carbocycles. The van der Waals surface area contributed by atoms with Gasteiger partial charge in [-0.3, -0.25) is 5.10 Å². The molecule has 164 valence electrons. The van der Waals surface area contributed by atoms with Crippen molar-refractivity contribution in [3.05, 3.63) is 83.1 Å². The highest BCUT2D eigenvalue weighted by atomic mass is 35.5. The van der Waals surface area contributed by atoms with Crippen molar-refractivity contribution in [2.24, 2.45) is 0 Å². The number of anilines is 3. The number of hydrogen-bond donors (Lipinski definition) is 3. The highest BCUT2D eigenvalue weighted by Gasteiger charge is 2.33. The Morgan fingerprint density at radius 1 is 1.03 bits per heavy atom. The third kappa shape index (κ3) is 5.67. The number of alkyl halides is 3. The van der Waals surface area contributed by atoms with Crippen molar-refractivity contribution in [3.8, 4) is 11.8 Å². The maximum atomic E-state index is 12.7. The van der Waals surface area contributed by atoms with E-state index in [1.807, 2.05) is 18.2 Å². The van der Waals surface area contributed by atoms with E-state index in [9.17, 15) is 13.2 Å². The van der Waals surface area contributed by atoms with E-state index in [-0.39, 0.29) is 6.01 Å². The number of H-pyrrole nitrogens is 1. The first kappa shape index (κ1) is 21.4. The average Bonchev–Trinajstić information content (AvgIpc) is 3.20. The number of nitrogens with zero attached hydrogens (tertiary/aromatic N) is 3. The fourth-order valence-corrected chi connectivity index (χ4v) is 2.91. The first-order chi connectivity index (χ1) is 15.3. The van der Waals surface area contributed by atoms with E-state index in [2.05, 4.69) is 30.8 Å². The zero-order valence-corrected chi connectivity index (χ0v) is 17.1. The molecule has 2 aromatic heterocycles. The molecule has 4 rings (SSSR count). The van der Waals surface area contributed by atoms with Gasteiger partial charge >= 0.3 is 12.2 Å². The van der Waals surface area contributed by atoms with Gasteiger partial charge in [0.25, 0.3) is 0 Å². The minimum absolute atomic E-state index is 0.320. The molecule has 0 bridgehead atoms. The van der Waals surface area contributed by atoms with Crippen LogP contribution in [0, 0.1) is 0 Å². The summed E-state index contributed by atoms with van der Waals surface area (Å²) in [6, 6.07) is 16.3. The van der Waals surface area contributed by atoms with Gasteiger partial charge in [0.15, 0.2) is 5.69 Å². The Kier molecular flexibility index (Phi) is 6.13. The number of aromatic nitrogens is 4. The van der Waals surface area contributed by atoms with Gasteiger partial charge < -0.3 is 15.4 Å². The normalized spacial score (nSPS) is 11.2. The molecular weight excluding hydrogens is 445 g/mol. The molecule has 2 heterocycles. The SMILES string of the molecule is FC(F)(F)c1ccnc(Oc2ccc(CNc3cc(Nc4cccc(Cl)c4)[nH]n3)cc2)n1. The van der Waals surface area contributed by atoms with Gasteiger partial charge in [0.2, 0.25) is 0 Å². The third-order valence-electron chi connectivity index (χ3n) is 4.21. The van der Waals surface area contributed by atoms with E-state index in [0.29, 0.717) is 29.0 Å². The zero-order chi connectivity index (χ0) is 22.6. The quantitative estimate of drug-likeness (QED) is 0.312. The lowest BCUT2D eigenvalue weighted by Gasteiger charge is -2.08. The Morgan fingerprint density at radius 2 is 1.84 bits per heavy atom. The second kappa shape index (κ2) is 9.15. The molecule has 0 saturated heterocycles. The molecule has 7 nitrogen and oxygen atoms in total. The molecule has 3 N–H and O–H groups in total. The van der Waals surface area contributed by atoms with Gasteiger partial charge in [0, 0.05) is 29.5 Å². The van der Waals surface area contributed by atoms with E-state index in [0.717, 1.165) is 23.5 Å². The summed E-state index contributed by atoms with van der Waals surface area (Å²) in [4.78, 5) is 7.09. The summed E-state index contributed by atoms with van der Waals surface area (Å²) >= 11 is 5.98. The maximum absolute atomic E-state index is 12.7. The molecule has 0 aliphatic rings. The van der Waals surface area contributed by atoms with Crippen LogP contribution in [-0.2, 0) is 12.7 Å². The summed E-state index contributed by atoms with van der Waals surface area (Å²) in [5.74, 6) is 1.65. The van der Waals surface area contributed by atoms with Crippen molar-refractivity contribution >= 4 is 28.9 Å². The zero-order valence-electron chi connectivity index (χ0n) is 16.3. The monoisotopic (exact) mass is 460 g/mol. The lowest BCUT2D eigenvalue weighted by Crippen LogP contribution is -2.08. The first-order valence-corrected chi connectivity index (χ1v) is 9.72. The second-order valence-electron chi connectivity index (χ2n) is 6.62. The topological polar surface area (TPSA) is 87.8 Å². The molecule has 0 aliphatic heterocycles. The molecule has 11 heteroatoms. The number of aromatic amines is 1. The predicted octanol–water partition coefficient (Wildman–Crippen LogP) is 6.02. The molecule has 0 radical (unpaired) electrons. The molecule has 0 atom stereocenters. The second-order valence-corrected chi connectivity index (χ2v) is 7.06. The summed E-state index contributed by atoms with van der Waals surface area (Å²) in [5.41, 5.74) is 0.675. The molecule has 0 aliphatic carbocycles. The Labute approximate surface area is 185 Å².